The van der Waals surface area contributed by atoms with Gasteiger partial charge in [-0.2, -0.15) is 0 Å². The molecule has 0 aliphatic carbocycles. The van der Waals surface area contributed by atoms with E-state index in [0.717, 1.165) is 75.5 Å². The Morgan fingerprint density at radius 1 is 1.16 bits per heavy atom. The minimum absolute atomic E-state index is 0.179. The molecule has 5 heteroatoms. The molecular weight excluding hydrogens is 316 g/mol. The van der Waals surface area contributed by atoms with Gasteiger partial charge in [0.15, 0.2) is 0 Å². The Labute approximate surface area is 150 Å². The largest absolute Gasteiger partial charge is 0.497 e. The van der Waals surface area contributed by atoms with Crippen LogP contribution in [0.25, 0.3) is 0 Å². The highest BCUT2D eigenvalue weighted by molar-refractivity contribution is 5.79. The molecule has 25 heavy (non-hydrogen) atoms. The van der Waals surface area contributed by atoms with Gasteiger partial charge in [0.1, 0.15) is 18.0 Å². The topological polar surface area (TPSA) is 43.2 Å². The Kier molecular flexibility index (Phi) is 6.19. The van der Waals surface area contributed by atoms with Crippen LogP contribution in [0.5, 0.6) is 11.5 Å². The summed E-state index contributed by atoms with van der Waals surface area (Å²) in [4.78, 5) is 16.4. The first-order valence-corrected chi connectivity index (χ1v) is 9.54. The number of methoxy groups -OCH3 is 2. The third-order valence-electron chi connectivity index (χ3n) is 5.56. The van der Waals surface area contributed by atoms with E-state index in [9.17, 15) is 4.79 Å². The number of rotatable bonds is 5. The summed E-state index contributed by atoms with van der Waals surface area (Å²) < 4.78 is 10.9. The zero-order valence-corrected chi connectivity index (χ0v) is 15.6. The van der Waals surface area contributed by atoms with Gasteiger partial charge in [0.2, 0.25) is 5.91 Å². The molecule has 1 aromatic carbocycles. The van der Waals surface area contributed by atoms with E-state index >= 15 is 0 Å². The lowest BCUT2D eigenvalue weighted by Gasteiger charge is -2.34. The fourth-order valence-electron chi connectivity index (χ4n) is 4.18. The molecule has 2 aliphatic heterocycles. The standard InChI is InChI=1S/C20H30N2O3/c1-24-18-8-9-19(25-2)17(13-18)15-21-10-6-7-16(14-21)20(23)22-11-4-3-5-12-22/h8-9,13,16H,3-7,10-12,14-15H2,1-2H3/p+1/t16-/m0/s1. The molecule has 0 aromatic heterocycles. The third kappa shape index (κ3) is 4.46. The molecular formula is C20H31N2O3+. The lowest BCUT2D eigenvalue weighted by molar-refractivity contribution is -0.921. The summed E-state index contributed by atoms with van der Waals surface area (Å²) in [6, 6.07) is 5.95. The minimum Gasteiger partial charge on any atom is -0.497 e. The van der Waals surface area contributed by atoms with Crippen LogP contribution in [0.4, 0.5) is 0 Å². The number of likely N-dealkylation sites (tertiary alicyclic amines) is 2. The summed E-state index contributed by atoms with van der Waals surface area (Å²) in [5, 5.41) is 0. The number of quaternary nitrogens is 1. The molecule has 3 rings (SSSR count). The quantitative estimate of drug-likeness (QED) is 0.878. The summed E-state index contributed by atoms with van der Waals surface area (Å²) in [5.41, 5.74) is 1.16. The molecule has 2 heterocycles. The van der Waals surface area contributed by atoms with Crippen molar-refractivity contribution >= 4 is 5.91 Å². The molecule has 0 bridgehead atoms. The van der Waals surface area contributed by atoms with E-state index in [1.165, 1.54) is 11.3 Å². The number of carbonyl (C=O) groups is 1. The molecule has 2 atom stereocenters. The highest BCUT2D eigenvalue weighted by Crippen LogP contribution is 2.23. The number of ether oxygens (including phenoxy) is 2. The number of hydrogen-bond acceptors (Lipinski definition) is 3. The third-order valence-corrected chi connectivity index (χ3v) is 5.56. The first-order valence-electron chi connectivity index (χ1n) is 9.54. The fourth-order valence-corrected chi connectivity index (χ4v) is 4.18. The Morgan fingerprint density at radius 3 is 2.68 bits per heavy atom. The van der Waals surface area contributed by atoms with Crippen LogP contribution in [0.2, 0.25) is 0 Å². The minimum atomic E-state index is 0.179. The van der Waals surface area contributed by atoms with Crippen LogP contribution in [-0.4, -0.2) is 51.2 Å². The predicted octanol–water partition coefficient (Wildman–Crippen LogP) is 1.51. The number of benzene rings is 1. The SMILES string of the molecule is COc1ccc(OC)c(C[NH+]2CCC[C@H](C(=O)N3CCCCC3)C2)c1. The molecule has 0 saturated carbocycles. The van der Waals surface area contributed by atoms with Crippen molar-refractivity contribution in [2.75, 3.05) is 40.4 Å². The van der Waals surface area contributed by atoms with Gasteiger partial charge < -0.3 is 19.3 Å². The van der Waals surface area contributed by atoms with Gasteiger partial charge in [0.05, 0.1) is 38.8 Å². The first kappa shape index (κ1) is 18.1. The van der Waals surface area contributed by atoms with E-state index in [1.807, 2.05) is 12.1 Å². The highest BCUT2D eigenvalue weighted by Gasteiger charge is 2.32. The van der Waals surface area contributed by atoms with Crippen LogP contribution in [0.3, 0.4) is 0 Å². The van der Waals surface area contributed by atoms with Gasteiger partial charge in [-0.05, 0) is 50.3 Å². The zero-order valence-electron chi connectivity index (χ0n) is 15.6. The van der Waals surface area contributed by atoms with Crippen molar-refractivity contribution in [1.29, 1.82) is 0 Å². The Bertz CT molecular complexity index is 584. The van der Waals surface area contributed by atoms with Crippen molar-refractivity contribution in [2.24, 2.45) is 5.92 Å². The van der Waals surface area contributed by atoms with Crippen LogP contribution in [-0.2, 0) is 11.3 Å². The van der Waals surface area contributed by atoms with E-state index in [1.54, 1.807) is 14.2 Å². The van der Waals surface area contributed by atoms with Gasteiger partial charge in [0.25, 0.3) is 0 Å². The Morgan fingerprint density at radius 2 is 1.96 bits per heavy atom. The predicted molar refractivity (Wildman–Crippen MR) is 97.1 cm³/mol. The molecule has 5 nitrogen and oxygen atoms in total. The van der Waals surface area contributed by atoms with Gasteiger partial charge in [-0.3, -0.25) is 4.79 Å². The van der Waals surface area contributed by atoms with Crippen molar-refractivity contribution in [3.63, 3.8) is 0 Å². The number of nitrogens with one attached hydrogen (secondary N) is 1. The number of piperidine rings is 2. The Balaban J connectivity index is 1.64. The van der Waals surface area contributed by atoms with Gasteiger partial charge in [-0.15, -0.1) is 0 Å². The number of nitrogens with zero attached hydrogens (tertiary/aromatic N) is 1. The second-order valence-electron chi connectivity index (χ2n) is 7.28. The maximum Gasteiger partial charge on any atom is 0.231 e. The molecule has 1 aromatic rings. The fraction of sp³-hybridized carbons (Fsp3) is 0.650. The zero-order chi connectivity index (χ0) is 17.6. The molecule has 1 amide bonds. The van der Waals surface area contributed by atoms with Crippen LogP contribution in [0.15, 0.2) is 18.2 Å². The normalized spacial score (nSPS) is 24.0. The molecule has 1 N–H and O–H groups in total. The van der Waals surface area contributed by atoms with Crippen molar-refractivity contribution in [2.45, 2.75) is 38.6 Å². The summed E-state index contributed by atoms with van der Waals surface area (Å²) in [6.45, 7) is 4.83. The number of hydrogen-bond donors (Lipinski definition) is 1. The van der Waals surface area contributed by atoms with Gasteiger partial charge in [-0.25, -0.2) is 0 Å². The second kappa shape index (κ2) is 8.56. The van der Waals surface area contributed by atoms with Gasteiger partial charge in [0, 0.05) is 13.1 Å². The van der Waals surface area contributed by atoms with Crippen LogP contribution >= 0.6 is 0 Å². The van der Waals surface area contributed by atoms with Crippen molar-refractivity contribution in [3.05, 3.63) is 23.8 Å². The lowest BCUT2D eigenvalue weighted by atomic mass is 9.95. The summed E-state index contributed by atoms with van der Waals surface area (Å²) in [5.74, 6) is 2.32. The van der Waals surface area contributed by atoms with E-state index < -0.39 is 0 Å². The molecule has 138 valence electrons. The molecule has 2 fully saturated rings. The number of carbonyl (C=O) groups excluding carboxylic acids is 1. The number of amides is 1. The van der Waals surface area contributed by atoms with Crippen LogP contribution in [0.1, 0.15) is 37.7 Å². The van der Waals surface area contributed by atoms with Gasteiger partial charge in [-0.1, -0.05) is 0 Å². The maximum atomic E-state index is 12.8. The molecule has 2 aliphatic rings. The second-order valence-corrected chi connectivity index (χ2v) is 7.28. The lowest BCUT2D eigenvalue weighted by Crippen LogP contribution is -3.12. The van der Waals surface area contributed by atoms with Crippen molar-refractivity contribution in [1.82, 2.24) is 4.90 Å². The first-order chi connectivity index (χ1) is 12.2. The average molecular weight is 347 g/mol. The summed E-state index contributed by atoms with van der Waals surface area (Å²) in [6.07, 6.45) is 5.74. The molecule has 1 unspecified atom stereocenters. The van der Waals surface area contributed by atoms with E-state index in [4.69, 9.17) is 9.47 Å². The van der Waals surface area contributed by atoms with Gasteiger partial charge >= 0.3 is 0 Å². The molecule has 2 saturated heterocycles. The van der Waals surface area contributed by atoms with E-state index in [-0.39, 0.29) is 5.92 Å². The van der Waals surface area contributed by atoms with Crippen molar-refractivity contribution in [3.8, 4) is 11.5 Å². The maximum absolute atomic E-state index is 12.8. The summed E-state index contributed by atoms with van der Waals surface area (Å²) in [7, 11) is 3.40. The van der Waals surface area contributed by atoms with E-state index in [0.29, 0.717) is 5.91 Å². The molecule has 0 spiro atoms. The monoisotopic (exact) mass is 347 g/mol. The highest BCUT2D eigenvalue weighted by atomic mass is 16.5. The molecule has 0 radical (unpaired) electrons. The summed E-state index contributed by atoms with van der Waals surface area (Å²) >= 11 is 0. The van der Waals surface area contributed by atoms with Crippen LogP contribution in [0, 0.1) is 5.92 Å². The average Bonchev–Trinajstić information content (AvgIpc) is 2.68. The Hall–Kier alpha value is -1.75. The van der Waals surface area contributed by atoms with Crippen LogP contribution < -0.4 is 14.4 Å². The van der Waals surface area contributed by atoms with E-state index in [2.05, 4.69) is 11.0 Å². The smallest absolute Gasteiger partial charge is 0.231 e. The van der Waals surface area contributed by atoms with Crippen molar-refractivity contribution < 1.29 is 19.2 Å².